The molecule has 0 aliphatic heterocycles. The molecule has 2 heterocycles. The van der Waals surface area contributed by atoms with Crippen molar-refractivity contribution < 1.29 is 9.21 Å². The predicted octanol–water partition coefficient (Wildman–Crippen LogP) is 5.76. The fourth-order valence-electron chi connectivity index (χ4n) is 3.01. The molecule has 0 bridgehead atoms. The Labute approximate surface area is 178 Å². The maximum atomic E-state index is 12.7. The maximum Gasteiger partial charge on any atom is 0.223 e. The molecular formula is C22H20ClN3O2S. The van der Waals surface area contributed by atoms with Crippen molar-refractivity contribution in [2.24, 2.45) is 0 Å². The monoisotopic (exact) mass is 425 g/mol. The fourth-order valence-corrected chi connectivity index (χ4v) is 4.20. The van der Waals surface area contributed by atoms with Crippen molar-refractivity contribution in [1.82, 2.24) is 14.9 Å². The molecule has 1 atom stereocenters. The van der Waals surface area contributed by atoms with E-state index >= 15 is 0 Å². The summed E-state index contributed by atoms with van der Waals surface area (Å²) in [6.45, 7) is 2.00. The van der Waals surface area contributed by atoms with Gasteiger partial charge in [-0.15, -0.1) is 11.3 Å². The van der Waals surface area contributed by atoms with Crippen LogP contribution in [0.15, 0.2) is 59.1 Å². The molecule has 0 fully saturated rings. The Bertz CT molecular complexity index is 1100. The van der Waals surface area contributed by atoms with Crippen molar-refractivity contribution in [2.75, 3.05) is 7.05 Å². The van der Waals surface area contributed by atoms with Crippen molar-refractivity contribution in [2.45, 2.75) is 25.8 Å². The van der Waals surface area contributed by atoms with E-state index in [1.54, 1.807) is 34.6 Å². The first-order valence-electron chi connectivity index (χ1n) is 9.33. The highest BCUT2D eigenvalue weighted by molar-refractivity contribution is 7.18. The van der Waals surface area contributed by atoms with Gasteiger partial charge in [0.25, 0.3) is 0 Å². The second-order valence-corrected chi connectivity index (χ2v) is 8.32. The summed E-state index contributed by atoms with van der Waals surface area (Å²) in [6, 6.07) is 15.3. The van der Waals surface area contributed by atoms with E-state index in [9.17, 15) is 4.79 Å². The molecule has 2 aromatic carbocycles. The van der Waals surface area contributed by atoms with Crippen molar-refractivity contribution in [3.05, 3.63) is 70.6 Å². The van der Waals surface area contributed by atoms with E-state index in [-0.39, 0.29) is 11.9 Å². The van der Waals surface area contributed by atoms with Crippen LogP contribution in [-0.2, 0) is 11.2 Å². The molecule has 4 rings (SSSR count). The zero-order chi connectivity index (χ0) is 20.4. The van der Waals surface area contributed by atoms with E-state index in [0.717, 1.165) is 20.8 Å². The lowest BCUT2D eigenvalue weighted by atomic mass is 10.2. The molecule has 1 unspecified atom stereocenters. The normalized spacial score (nSPS) is 12.2. The van der Waals surface area contributed by atoms with Gasteiger partial charge in [0.15, 0.2) is 11.7 Å². The van der Waals surface area contributed by atoms with E-state index in [4.69, 9.17) is 16.0 Å². The molecule has 0 spiro atoms. The quantitative estimate of drug-likeness (QED) is 0.394. The van der Waals surface area contributed by atoms with Gasteiger partial charge in [-0.05, 0) is 43.3 Å². The number of carbonyl (C=O) groups is 1. The van der Waals surface area contributed by atoms with Crippen molar-refractivity contribution in [1.29, 1.82) is 0 Å². The number of carbonyl (C=O) groups excluding carboxylic acids is 1. The number of aryl methyl sites for hydroxylation is 1. The summed E-state index contributed by atoms with van der Waals surface area (Å²) in [6.07, 6.45) is 2.45. The van der Waals surface area contributed by atoms with Crippen LogP contribution < -0.4 is 0 Å². The molecule has 0 aliphatic rings. The molecule has 5 nitrogen and oxygen atoms in total. The minimum Gasteiger partial charge on any atom is -0.441 e. The van der Waals surface area contributed by atoms with Crippen molar-refractivity contribution in [3.63, 3.8) is 0 Å². The second-order valence-electron chi connectivity index (χ2n) is 6.83. The average Bonchev–Trinajstić information content (AvgIpc) is 3.38. The van der Waals surface area contributed by atoms with Gasteiger partial charge in [-0.1, -0.05) is 23.7 Å². The van der Waals surface area contributed by atoms with Gasteiger partial charge in [-0.3, -0.25) is 4.79 Å². The number of amides is 1. The van der Waals surface area contributed by atoms with Crippen LogP contribution in [0.4, 0.5) is 0 Å². The lowest BCUT2D eigenvalue weighted by Gasteiger charge is -2.23. The summed E-state index contributed by atoms with van der Waals surface area (Å²) in [5.41, 5.74) is 1.87. The number of fused-ring (bicyclic) bond motifs is 1. The number of aromatic nitrogens is 2. The Morgan fingerprint density at radius 3 is 2.72 bits per heavy atom. The lowest BCUT2D eigenvalue weighted by molar-refractivity contribution is -0.131. The number of hydrogen-bond acceptors (Lipinski definition) is 5. The van der Waals surface area contributed by atoms with E-state index < -0.39 is 0 Å². The summed E-state index contributed by atoms with van der Waals surface area (Å²) in [5.74, 6) is 1.24. The van der Waals surface area contributed by atoms with Gasteiger partial charge in [-0.2, -0.15) is 0 Å². The highest BCUT2D eigenvalue weighted by Crippen LogP contribution is 2.29. The van der Waals surface area contributed by atoms with Gasteiger partial charge in [0.1, 0.15) is 5.01 Å². The molecule has 0 saturated carbocycles. The Kier molecular flexibility index (Phi) is 5.65. The number of nitrogens with zero attached hydrogens (tertiary/aromatic N) is 3. The Hall–Kier alpha value is -2.70. The SMILES string of the molecule is CC(c1nc2ccccc2s1)N(C)C(=O)CCc1ncc(-c2ccc(Cl)cc2)o1. The van der Waals surface area contributed by atoms with E-state index in [2.05, 4.69) is 9.97 Å². The zero-order valence-corrected chi connectivity index (χ0v) is 17.7. The number of rotatable bonds is 6. The third-order valence-corrected chi connectivity index (χ3v) is 6.34. The summed E-state index contributed by atoms with van der Waals surface area (Å²) in [7, 11) is 1.81. The molecule has 2 aromatic heterocycles. The first kappa shape index (κ1) is 19.6. The summed E-state index contributed by atoms with van der Waals surface area (Å²) in [4.78, 5) is 23.4. The van der Waals surface area contributed by atoms with Crippen molar-refractivity contribution in [3.8, 4) is 11.3 Å². The van der Waals surface area contributed by atoms with Crippen LogP contribution in [0.25, 0.3) is 21.5 Å². The van der Waals surface area contributed by atoms with E-state index in [1.165, 1.54) is 0 Å². The molecule has 0 aliphatic carbocycles. The van der Waals surface area contributed by atoms with Crippen LogP contribution in [-0.4, -0.2) is 27.8 Å². The number of hydrogen-bond donors (Lipinski definition) is 0. The third kappa shape index (κ3) is 4.33. The highest BCUT2D eigenvalue weighted by Gasteiger charge is 2.21. The standard InChI is InChI=1S/C22H20ClN3O2S/c1-14(22-25-17-5-3-4-6-19(17)29-22)26(2)21(27)12-11-20-24-13-18(28-20)15-7-9-16(23)10-8-15/h3-10,13-14H,11-12H2,1-2H3. The third-order valence-electron chi connectivity index (χ3n) is 4.88. The van der Waals surface area contributed by atoms with Crippen LogP contribution in [0.5, 0.6) is 0 Å². The molecule has 0 saturated heterocycles. The summed E-state index contributed by atoms with van der Waals surface area (Å²) in [5, 5.41) is 1.60. The van der Waals surface area contributed by atoms with Crippen LogP contribution in [0.2, 0.25) is 5.02 Å². The Morgan fingerprint density at radius 1 is 1.21 bits per heavy atom. The van der Waals surface area contributed by atoms with Crippen LogP contribution in [0, 0.1) is 0 Å². The number of halogens is 1. The predicted molar refractivity (Wildman–Crippen MR) is 116 cm³/mol. The van der Waals surface area contributed by atoms with Gasteiger partial charge in [0.2, 0.25) is 5.91 Å². The fraction of sp³-hybridized carbons (Fsp3) is 0.227. The topological polar surface area (TPSA) is 59.2 Å². The molecule has 4 aromatic rings. The van der Waals surface area contributed by atoms with Crippen LogP contribution >= 0.6 is 22.9 Å². The zero-order valence-electron chi connectivity index (χ0n) is 16.1. The Morgan fingerprint density at radius 2 is 1.97 bits per heavy atom. The second kappa shape index (κ2) is 8.35. The molecular weight excluding hydrogens is 406 g/mol. The highest BCUT2D eigenvalue weighted by atomic mass is 35.5. The number of thiazole rings is 1. The van der Waals surface area contributed by atoms with E-state index in [0.29, 0.717) is 29.5 Å². The first-order chi connectivity index (χ1) is 14.0. The molecule has 29 heavy (non-hydrogen) atoms. The van der Waals surface area contributed by atoms with E-state index in [1.807, 2.05) is 50.4 Å². The van der Waals surface area contributed by atoms with Gasteiger partial charge < -0.3 is 9.32 Å². The molecule has 7 heteroatoms. The minimum atomic E-state index is -0.0888. The van der Waals surface area contributed by atoms with Crippen molar-refractivity contribution >= 4 is 39.1 Å². The number of benzene rings is 2. The van der Waals surface area contributed by atoms with Crippen LogP contribution in [0.1, 0.15) is 30.3 Å². The first-order valence-corrected chi connectivity index (χ1v) is 10.5. The minimum absolute atomic E-state index is 0.0306. The summed E-state index contributed by atoms with van der Waals surface area (Å²) < 4.78 is 6.92. The lowest BCUT2D eigenvalue weighted by Crippen LogP contribution is -2.29. The smallest absolute Gasteiger partial charge is 0.223 e. The van der Waals surface area contributed by atoms with Gasteiger partial charge in [0, 0.05) is 30.5 Å². The van der Waals surface area contributed by atoms with Gasteiger partial charge in [0.05, 0.1) is 22.5 Å². The van der Waals surface area contributed by atoms with Gasteiger partial charge in [-0.25, -0.2) is 9.97 Å². The van der Waals surface area contributed by atoms with Gasteiger partial charge >= 0.3 is 0 Å². The largest absolute Gasteiger partial charge is 0.441 e. The molecule has 0 radical (unpaired) electrons. The average molecular weight is 426 g/mol. The summed E-state index contributed by atoms with van der Waals surface area (Å²) >= 11 is 7.54. The number of oxazole rings is 1. The molecule has 1 amide bonds. The van der Waals surface area contributed by atoms with Crippen LogP contribution in [0.3, 0.4) is 0 Å². The Balaban J connectivity index is 1.38. The number of para-hydroxylation sites is 1. The molecule has 148 valence electrons. The maximum absolute atomic E-state index is 12.7. The molecule has 0 N–H and O–H groups in total.